The first-order valence-corrected chi connectivity index (χ1v) is 5.05. The van der Waals surface area contributed by atoms with Gasteiger partial charge in [0.15, 0.2) is 0 Å². The molecule has 13 heavy (non-hydrogen) atoms. The van der Waals surface area contributed by atoms with Gasteiger partial charge >= 0.3 is 5.97 Å². The Balaban J connectivity index is 2.40. The van der Waals surface area contributed by atoms with E-state index < -0.39 is 0 Å². The van der Waals surface area contributed by atoms with E-state index in [1.807, 2.05) is 0 Å². The van der Waals surface area contributed by atoms with Gasteiger partial charge in [0.05, 0.1) is 7.11 Å². The van der Waals surface area contributed by atoms with E-state index in [1.165, 1.54) is 7.11 Å². The number of ether oxygens (including phenoxy) is 1. The number of hydrogen-bond acceptors (Lipinski definition) is 3. The van der Waals surface area contributed by atoms with Gasteiger partial charge in [0, 0.05) is 6.42 Å². The molecule has 0 radical (unpaired) electrons. The average molecular weight is 185 g/mol. The Hall–Kier alpha value is -0.570. The van der Waals surface area contributed by atoms with Gasteiger partial charge in [0.2, 0.25) is 0 Å². The molecule has 1 fully saturated rings. The molecular weight excluding hydrogens is 166 g/mol. The number of nitrogens with one attached hydrogen (secondary N) is 1. The lowest BCUT2D eigenvalue weighted by Crippen LogP contribution is -2.37. The van der Waals surface area contributed by atoms with Crippen molar-refractivity contribution in [3.8, 4) is 0 Å². The van der Waals surface area contributed by atoms with Gasteiger partial charge in [0.1, 0.15) is 0 Å². The van der Waals surface area contributed by atoms with Crippen molar-refractivity contribution < 1.29 is 9.53 Å². The Morgan fingerprint density at radius 3 is 2.92 bits per heavy atom. The van der Waals surface area contributed by atoms with Crippen molar-refractivity contribution >= 4 is 5.97 Å². The molecule has 0 unspecified atom stereocenters. The van der Waals surface area contributed by atoms with Crippen LogP contribution in [0.1, 0.15) is 26.2 Å². The van der Waals surface area contributed by atoms with Crippen LogP contribution in [0.15, 0.2) is 0 Å². The molecule has 0 saturated carbocycles. The van der Waals surface area contributed by atoms with E-state index in [0.717, 1.165) is 25.9 Å². The summed E-state index contributed by atoms with van der Waals surface area (Å²) < 4.78 is 4.69. The number of esters is 1. The molecule has 3 heteroatoms. The maximum atomic E-state index is 11.1. The summed E-state index contributed by atoms with van der Waals surface area (Å²) in [5.74, 6) is 1.11. The number of carbonyl (C=O) groups is 1. The molecule has 1 aliphatic rings. The lowest BCUT2D eigenvalue weighted by Gasteiger charge is -2.30. The lowest BCUT2D eigenvalue weighted by atomic mass is 9.82. The highest BCUT2D eigenvalue weighted by molar-refractivity contribution is 5.69. The summed E-state index contributed by atoms with van der Waals surface area (Å²) in [5.41, 5.74) is 0. The van der Waals surface area contributed by atoms with Crippen LogP contribution >= 0.6 is 0 Å². The molecule has 3 nitrogen and oxygen atoms in total. The molecule has 0 spiro atoms. The second kappa shape index (κ2) is 5.22. The Morgan fingerprint density at radius 1 is 1.54 bits per heavy atom. The van der Waals surface area contributed by atoms with Gasteiger partial charge in [-0.05, 0) is 31.3 Å². The highest BCUT2D eigenvalue weighted by atomic mass is 16.5. The standard InChI is InChI=1S/C10H19NO2/c1-3-8-7-11-5-4-9(8)6-10(12)13-2/h8-9,11H,3-7H2,1-2H3/t8-,9-/m0/s1. The third-order valence-corrected chi connectivity index (χ3v) is 2.95. The zero-order chi connectivity index (χ0) is 9.68. The smallest absolute Gasteiger partial charge is 0.305 e. The summed E-state index contributed by atoms with van der Waals surface area (Å²) in [6.45, 7) is 4.28. The second-order valence-corrected chi connectivity index (χ2v) is 3.70. The molecule has 1 saturated heterocycles. The Labute approximate surface area is 79.8 Å². The van der Waals surface area contributed by atoms with Crippen molar-refractivity contribution in [2.75, 3.05) is 20.2 Å². The monoisotopic (exact) mass is 185 g/mol. The molecular formula is C10H19NO2. The van der Waals surface area contributed by atoms with Crippen molar-refractivity contribution in [2.45, 2.75) is 26.2 Å². The number of hydrogen-bond donors (Lipinski definition) is 1. The van der Waals surface area contributed by atoms with Gasteiger partial charge < -0.3 is 10.1 Å². The zero-order valence-electron chi connectivity index (χ0n) is 8.51. The molecule has 0 bridgehead atoms. The summed E-state index contributed by atoms with van der Waals surface area (Å²) in [7, 11) is 1.46. The lowest BCUT2D eigenvalue weighted by molar-refractivity contribution is -0.142. The van der Waals surface area contributed by atoms with E-state index in [0.29, 0.717) is 18.3 Å². The third kappa shape index (κ3) is 2.99. The fourth-order valence-electron chi connectivity index (χ4n) is 2.02. The first-order chi connectivity index (χ1) is 6.27. The van der Waals surface area contributed by atoms with E-state index in [-0.39, 0.29) is 5.97 Å². The molecule has 0 aromatic heterocycles. The number of carbonyl (C=O) groups excluding carboxylic acids is 1. The predicted octanol–water partition coefficient (Wildman–Crippen LogP) is 1.19. The van der Waals surface area contributed by atoms with Crippen LogP contribution in [0.4, 0.5) is 0 Å². The average Bonchev–Trinajstić information content (AvgIpc) is 2.18. The molecule has 1 rings (SSSR count). The quantitative estimate of drug-likeness (QED) is 0.671. The van der Waals surface area contributed by atoms with Crippen LogP contribution in [0.3, 0.4) is 0 Å². The summed E-state index contributed by atoms with van der Waals surface area (Å²) >= 11 is 0. The summed E-state index contributed by atoms with van der Waals surface area (Å²) in [6.07, 6.45) is 2.85. The predicted molar refractivity (Wildman–Crippen MR) is 51.4 cm³/mol. The summed E-state index contributed by atoms with van der Waals surface area (Å²) in [5, 5.41) is 3.35. The summed E-state index contributed by atoms with van der Waals surface area (Å²) in [4.78, 5) is 11.1. The maximum absolute atomic E-state index is 11.1. The van der Waals surface area contributed by atoms with E-state index in [9.17, 15) is 4.79 Å². The van der Waals surface area contributed by atoms with Crippen LogP contribution in [-0.4, -0.2) is 26.2 Å². The van der Waals surface area contributed by atoms with E-state index in [1.54, 1.807) is 0 Å². The van der Waals surface area contributed by atoms with Crippen molar-refractivity contribution in [3.05, 3.63) is 0 Å². The van der Waals surface area contributed by atoms with Crippen molar-refractivity contribution in [1.82, 2.24) is 5.32 Å². The van der Waals surface area contributed by atoms with E-state index in [4.69, 9.17) is 0 Å². The van der Waals surface area contributed by atoms with Gasteiger partial charge in [0.25, 0.3) is 0 Å². The molecule has 0 aromatic rings. The van der Waals surface area contributed by atoms with Crippen molar-refractivity contribution in [1.29, 1.82) is 0 Å². The van der Waals surface area contributed by atoms with Crippen LogP contribution in [-0.2, 0) is 9.53 Å². The Kier molecular flexibility index (Phi) is 4.22. The molecule has 1 heterocycles. The first-order valence-electron chi connectivity index (χ1n) is 5.05. The van der Waals surface area contributed by atoms with E-state index in [2.05, 4.69) is 17.0 Å². The van der Waals surface area contributed by atoms with Gasteiger partial charge in [-0.25, -0.2) is 0 Å². The molecule has 1 aliphatic heterocycles. The van der Waals surface area contributed by atoms with Crippen LogP contribution in [0.25, 0.3) is 0 Å². The zero-order valence-corrected chi connectivity index (χ0v) is 8.51. The summed E-state index contributed by atoms with van der Waals surface area (Å²) in [6, 6.07) is 0. The largest absolute Gasteiger partial charge is 0.469 e. The van der Waals surface area contributed by atoms with Gasteiger partial charge in [-0.2, -0.15) is 0 Å². The van der Waals surface area contributed by atoms with Crippen molar-refractivity contribution in [2.24, 2.45) is 11.8 Å². The second-order valence-electron chi connectivity index (χ2n) is 3.70. The molecule has 0 aliphatic carbocycles. The highest BCUT2D eigenvalue weighted by Gasteiger charge is 2.25. The maximum Gasteiger partial charge on any atom is 0.305 e. The fraction of sp³-hybridized carbons (Fsp3) is 0.900. The SMILES string of the molecule is CC[C@H]1CNCC[C@H]1CC(=O)OC. The molecule has 76 valence electrons. The van der Waals surface area contributed by atoms with Crippen LogP contribution in [0.5, 0.6) is 0 Å². The number of rotatable bonds is 3. The third-order valence-electron chi connectivity index (χ3n) is 2.95. The topological polar surface area (TPSA) is 38.3 Å². The molecule has 1 N–H and O–H groups in total. The van der Waals surface area contributed by atoms with Crippen LogP contribution in [0, 0.1) is 11.8 Å². The minimum Gasteiger partial charge on any atom is -0.469 e. The minimum absolute atomic E-state index is 0.0645. The highest BCUT2D eigenvalue weighted by Crippen LogP contribution is 2.25. The molecule has 0 aromatic carbocycles. The van der Waals surface area contributed by atoms with Crippen LogP contribution < -0.4 is 5.32 Å². The number of piperidine rings is 1. The fourth-order valence-corrected chi connectivity index (χ4v) is 2.02. The minimum atomic E-state index is -0.0645. The Morgan fingerprint density at radius 2 is 2.31 bits per heavy atom. The Bertz CT molecular complexity index is 170. The van der Waals surface area contributed by atoms with Crippen molar-refractivity contribution in [3.63, 3.8) is 0 Å². The molecule has 2 atom stereocenters. The van der Waals surface area contributed by atoms with Gasteiger partial charge in [-0.3, -0.25) is 4.79 Å². The van der Waals surface area contributed by atoms with Gasteiger partial charge in [-0.1, -0.05) is 13.3 Å². The number of methoxy groups -OCH3 is 1. The first kappa shape index (κ1) is 10.5. The molecule has 0 amide bonds. The van der Waals surface area contributed by atoms with E-state index >= 15 is 0 Å². The van der Waals surface area contributed by atoms with Crippen LogP contribution in [0.2, 0.25) is 0 Å². The normalized spacial score (nSPS) is 28.5. The van der Waals surface area contributed by atoms with Gasteiger partial charge in [-0.15, -0.1) is 0 Å².